The summed E-state index contributed by atoms with van der Waals surface area (Å²) in [7, 11) is 0. The Bertz CT molecular complexity index is 692. The van der Waals surface area contributed by atoms with Gasteiger partial charge in [0.25, 0.3) is 0 Å². The summed E-state index contributed by atoms with van der Waals surface area (Å²) in [6.07, 6.45) is 11.0. The van der Waals surface area contributed by atoms with Crippen molar-refractivity contribution in [1.29, 1.82) is 0 Å². The second kappa shape index (κ2) is 9.15. The van der Waals surface area contributed by atoms with Gasteiger partial charge >= 0.3 is 0 Å². The van der Waals surface area contributed by atoms with Crippen LogP contribution in [0, 0.1) is 5.92 Å². The van der Waals surface area contributed by atoms with Gasteiger partial charge in [-0.15, -0.1) is 28.1 Å². The third kappa shape index (κ3) is 5.15. The second-order valence-electron chi connectivity index (χ2n) is 6.18. The summed E-state index contributed by atoms with van der Waals surface area (Å²) in [5.41, 5.74) is 0. The highest BCUT2D eigenvalue weighted by molar-refractivity contribution is 7.99. The third-order valence-electron chi connectivity index (χ3n) is 4.31. The molecule has 0 atom stereocenters. The molecule has 0 saturated heterocycles. The molecule has 2 aromatic rings. The van der Waals surface area contributed by atoms with Crippen LogP contribution in [0.5, 0.6) is 0 Å². The minimum atomic E-state index is -0.0815. The molecule has 0 aromatic carbocycles. The van der Waals surface area contributed by atoms with E-state index in [1.807, 2.05) is 11.5 Å². The Kier molecular flexibility index (Phi) is 6.63. The Balaban J connectivity index is 1.60. The molecule has 1 aliphatic rings. The van der Waals surface area contributed by atoms with Crippen LogP contribution in [0.2, 0.25) is 0 Å². The summed E-state index contributed by atoms with van der Waals surface area (Å²) in [5, 5.41) is 14.7. The van der Waals surface area contributed by atoms with Crippen LogP contribution < -0.4 is 5.32 Å². The number of carbonyl (C=O) groups is 1. The van der Waals surface area contributed by atoms with Gasteiger partial charge in [0.2, 0.25) is 5.91 Å². The van der Waals surface area contributed by atoms with Crippen molar-refractivity contribution in [2.24, 2.45) is 5.92 Å². The number of thiazole rings is 1. The number of carbonyl (C=O) groups excluding carboxylic acids is 1. The highest BCUT2D eigenvalue weighted by Crippen LogP contribution is 2.27. The van der Waals surface area contributed by atoms with Gasteiger partial charge in [-0.05, 0) is 5.92 Å². The molecule has 0 radical (unpaired) electrons. The maximum Gasteiger partial charge on any atom is 0.236 e. The molecule has 0 bridgehead atoms. The molecule has 8 heteroatoms. The van der Waals surface area contributed by atoms with Gasteiger partial charge in [0.1, 0.15) is 5.82 Å². The molecule has 0 unspecified atom stereocenters. The fourth-order valence-corrected chi connectivity index (χ4v) is 4.42. The molecule has 2 aromatic heterocycles. The van der Waals surface area contributed by atoms with Gasteiger partial charge in [-0.3, -0.25) is 4.79 Å². The molecule has 0 aliphatic heterocycles. The number of amides is 1. The van der Waals surface area contributed by atoms with Gasteiger partial charge in [0.05, 0.1) is 5.75 Å². The lowest BCUT2D eigenvalue weighted by atomic mass is 9.87. The second-order valence-corrected chi connectivity index (χ2v) is 8.02. The molecule has 6 nitrogen and oxygen atoms in total. The average molecular weight is 378 g/mol. The fraction of sp³-hybridized carbons (Fsp3) is 0.529. The van der Waals surface area contributed by atoms with Gasteiger partial charge in [0.15, 0.2) is 10.3 Å². The van der Waals surface area contributed by atoms with Crippen molar-refractivity contribution in [2.45, 2.75) is 50.2 Å². The number of hydrogen-bond acceptors (Lipinski definition) is 6. The SMILES string of the molecule is C=CCn1c(CC2CCCCC2)nnc1SCC(=O)Nc1nccs1. The number of allylic oxidation sites excluding steroid dienone is 1. The quantitative estimate of drug-likeness (QED) is 0.560. The molecule has 134 valence electrons. The van der Waals surface area contributed by atoms with Crippen LogP contribution in [-0.2, 0) is 17.8 Å². The van der Waals surface area contributed by atoms with Crippen LogP contribution in [0.15, 0.2) is 29.4 Å². The number of hydrogen-bond donors (Lipinski definition) is 1. The maximum atomic E-state index is 12.0. The molecule has 1 fully saturated rings. The predicted octanol–water partition coefficient (Wildman–Crippen LogP) is 3.77. The number of nitrogens with one attached hydrogen (secondary N) is 1. The first-order valence-electron chi connectivity index (χ1n) is 8.61. The number of thioether (sulfide) groups is 1. The average Bonchev–Trinajstić information content (AvgIpc) is 3.25. The van der Waals surface area contributed by atoms with Crippen LogP contribution in [0.3, 0.4) is 0 Å². The van der Waals surface area contributed by atoms with E-state index in [1.54, 1.807) is 6.20 Å². The molecule has 0 spiro atoms. The molecular weight excluding hydrogens is 354 g/mol. The minimum absolute atomic E-state index is 0.0815. The van der Waals surface area contributed by atoms with Gasteiger partial charge in [-0.1, -0.05) is 49.9 Å². The first-order chi connectivity index (χ1) is 12.3. The monoisotopic (exact) mass is 377 g/mol. The molecule has 1 saturated carbocycles. The van der Waals surface area contributed by atoms with Crippen LogP contribution in [-0.4, -0.2) is 31.4 Å². The van der Waals surface area contributed by atoms with Gasteiger partial charge in [-0.2, -0.15) is 0 Å². The van der Waals surface area contributed by atoms with E-state index in [0.29, 0.717) is 17.6 Å². The summed E-state index contributed by atoms with van der Waals surface area (Å²) in [6.45, 7) is 4.51. The maximum absolute atomic E-state index is 12.0. The number of rotatable bonds is 8. The molecule has 25 heavy (non-hydrogen) atoms. The van der Waals surface area contributed by atoms with E-state index in [2.05, 4.69) is 31.6 Å². The van der Waals surface area contributed by atoms with E-state index in [9.17, 15) is 4.79 Å². The van der Waals surface area contributed by atoms with Crippen molar-refractivity contribution in [3.8, 4) is 0 Å². The summed E-state index contributed by atoms with van der Waals surface area (Å²) in [5.74, 6) is 1.92. The Morgan fingerprint density at radius 1 is 1.40 bits per heavy atom. The fourth-order valence-electron chi connectivity index (χ4n) is 3.11. The minimum Gasteiger partial charge on any atom is -0.302 e. The largest absolute Gasteiger partial charge is 0.302 e. The van der Waals surface area contributed by atoms with Gasteiger partial charge in [0, 0.05) is 24.5 Å². The molecule has 3 rings (SSSR count). The van der Waals surface area contributed by atoms with E-state index >= 15 is 0 Å². The van der Waals surface area contributed by atoms with E-state index in [-0.39, 0.29) is 11.7 Å². The summed E-state index contributed by atoms with van der Waals surface area (Å²) in [6, 6.07) is 0. The van der Waals surface area contributed by atoms with Crippen molar-refractivity contribution in [3.63, 3.8) is 0 Å². The van der Waals surface area contributed by atoms with Gasteiger partial charge < -0.3 is 9.88 Å². The standard InChI is InChI=1S/C17H23N5OS2/c1-2-9-22-14(11-13-6-4-3-5-7-13)20-21-17(22)25-12-15(23)19-16-18-8-10-24-16/h2,8,10,13H,1,3-7,9,11-12H2,(H,18,19,23). The van der Waals surface area contributed by atoms with Crippen LogP contribution >= 0.6 is 23.1 Å². The van der Waals surface area contributed by atoms with Crippen molar-refractivity contribution < 1.29 is 4.79 Å². The van der Waals surface area contributed by atoms with Crippen LogP contribution in [0.25, 0.3) is 0 Å². The molecular formula is C17H23N5OS2. The first kappa shape index (κ1) is 18.1. The molecule has 1 N–H and O–H groups in total. The van der Waals surface area contributed by atoms with Crippen LogP contribution in [0.4, 0.5) is 5.13 Å². The molecule has 1 aliphatic carbocycles. The predicted molar refractivity (Wildman–Crippen MR) is 102 cm³/mol. The number of anilines is 1. The highest BCUT2D eigenvalue weighted by Gasteiger charge is 2.19. The van der Waals surface area contributed by atoms with E-state index in [4.69, 9.17) is 0 Å². The van der Waals surface area contributed by atoms with Crippen LogP contribution in [0.1, 0.15) is 37.9 Å². The lowest BCUT2D eigenvalue weighted by molar-refractivity contribution is -0.113. The number of aromatic nitrogens is 4. The normalized spacial score (nSPS) is 15.2. The number of nitrogens with zero attached hydrogens (tertiary/aromatic N) is 4. The van der Waals surface area contributed by atoms with E-state index < -0.39 is 0 Å². The topological polar surface area (TPSA) is 72.7 Å². The third-order valence-corrected chi connectivity index (χ3v) is 5.97. The molecule has 1 amide bonds. The Morgan fingerprint density at radius 2 is 2.24 bits per heavy atom. The Hall–Kier alpha value is -1.67. The van der Waals surface area contributed by atoms with Crippen molar-refractivity contribution in [1.82, 2.24) is 19.7 Å². The Labute approximate surface area is 156 Å². The lowest BCUT2D eigenvalue weighted by Gasteiger charge is -2.21. The lowest BCUT2D eigenvalue weighted by Crippen LogP contribution is -2.15. The Morgan fingerprint density at radius 3 is 2.96 bits per heavy atom. The summed E-state index contributed by atoms with van der Waals surface area (Å²) in [4.78, 5) is 16.1. The smallest absolute Gasteiger partial charge is 0.236 e. The van der Waals surface area contributed by atoms with Crippen molar-refractivity contribution in [2.75, 3.05) is 11.1 Å². The zero-order valence-corrected chi connectivity index (χ0v) is 15.8. The first-order valence-corrected chi connectivity index (χ1v) is 10.5. The summed E-state index contributed by atoms with van der Waals surface area (Å²) < 4.78 is 2.09. The zero-order valence-electron chi connectivity index (χ0n) is 14.2. The summed E-state index contributed by atoms with van der Waals surface area (Å²) >= 11 is 2.82. The molecule has 2 heterocycles. The highest BCUT2D eigenvalue weighted by atomic mass is 32.2. The zero-order chi connectivity index (χ0) is 17.5. The van der Waals surface area contributed by atoms with E-state index in [0.717, 1.165) is 17.4 Å². The van der Waals surface area contributed by atoms with Gasteiger partial charge in [-0.25, -0.2) is 4.98 Å². The van der Waals surface area contributed by atoms with Crippen molar-refractivity contribution >= 4 is 34.1 Å². The van der Waals surface area contributed by atoms with Crippen molar-refractivity contribution in [3.05, 3.63) is 30.1 Å². The van der Waals surface area contributed by atoms with E-state index in [1.165, 1.54) is 55.2 Å².